The molecule has 0 fully saturated rings. The Morgan fingerprint density at radius 3 is 2.71 bits per heavy atom. The van der Waals surface area contributed by atoms with Crippen LogP contribution in [0.4, 0.5) is 13.2 Å². The van der Waals surface area contributed by atoms with E-state index in [0.717, 1.165) is 0 Å². The largest absolute Gasteiger partial charge is 0.389 e. The Labute approximate surface area is 79.7 Å². The number of alkyl halides is 3. The van der Waals surface area contributed by atoms with E-state index in [0.29, 0.717) is 5.82 Å². The molecular weight excluding hydrogens is 195 g/mol. The average molecular weight is 207 g/mol. The van der Waals surface area contributed by atoms with Gasteiger partial charge in [0.1, 0.15) is 5.82 Å². The van der Waals surface area contributed by atoms with Gasteiger partial charge in [0, 0.05) is 18.8 Å². The predicted molar refractivity (Wildman–Crippen MR) is 45.7 cm³/mol. The lowest BCUT2D eigenvalue weighted by Gasteiger charge is -2.14. The summed E-state index contributed by atoms with van der Waals surface area (Å²) in [5.74, 6) is 0.539. The van der Waals surface area contributed by atoms with Gasteiger partial charge >= 0.3 is 6.18 Å². The molecule has 1 aromatic heterocycles. The minimum absolute atomic E-state index is 0.00644. The maximum atomic E-state index is 11.9. The van der Waals surface area contributed by atoms with Crippen molar-refractivity contribution in [3.05, 3.63) is 18.2 Å². The van der Waals surface area contributed by atoms with Crippen molar-refractivity contribution in [3.63, 3.8) is 0 Å². The van der Waals surface area contributed by atoms with Crippen LogP contribution in [0.2, 0.25) is 0 Å². The molecule has 80 valence electrons. The minimum Gasteiger partial charge on any atom is -0.347 e. The number of hydrogen-bond donors (Lipinski definition) is 2. The van der Waals surface area contributed by atoms with Gasteiger partial charge in [0.15, 0.2) is 0 Å². The van der Waals surface area contributed by atoms with E-state index in [2.05, 4.69) is 15.3 Å². The lowest BCUT2D eigenvalue weighted by molar-refractivity contribution is -0.136. The first-order chi connectivity index (χ1) is 6.53. The third-order valence-corrected chi connectivity index (χ3v) is 1.91. The first-order valence-electron chi connectivity index (χ1n) is 4.26. The van der Waals surface area contributed by atoms with Gasteiger partial charge in [-0.2, -0.15) is 13.2 Å². The third-order valence-electron chi connectivity index (χ3n) is 1.91. The molecule has 14 heavy (non-hydrogen) atoms. The lowest BCUT2D eigenvalue weighted by atomic mass is 10.1. The summed E-state index contributed by atoms with van der Waals surface area (Å²) in [4.78, 5) is 6.69. The van der Waals surface area contributed by atoms with E-state index in [1.54, 1.807) is 13.2 Å². The fraction of sp³-hybridized carbons (Fsp3) is 0.625. The Morgan fingerprint density at radius 2 is 2.29 bits per heavy atom. The van der Waals surface area contributed by atoms with E-state index in [9.17, 15) is 13.2 Å². The van der Waals surface area contributed by atoms with E-state index in [1.165, 1.54) is 6.20 Å². The quantitative estimate of drug-likeness (QED) is 0.792. The molecule has 0 amide bonds. The van der Waals surface area contributed by atoms with Gasteiger partial charge in [-0.25, -0.2) is 4.98 Å². The van der Waals surface area contributed by atoms with E-state index in [1.807, 2.05) is 0 Å². The predicted octanol–water partition coefficient (Wildman–Crippen LogP) is 2.01. The van der Waals surface area contributed by atoms with Crippen molar-refractivity contribution in [2.45, 2.75) is 25.1 Å². The molecule has 0 saturated heterocycles. The van der Waals surface area contributed by atoms with Gasteiger partial charge < -0.3 is 10.3 Å². The zero-order chi connectivity index (χ0) is 10.6. The van der Waals surface area contributed by atoms with Crippen molar-refractivity contribution in [1.29, 1.82) is 0 Å². The highest BCUT2D eigenvalue weighted by molar-refractivity contribution is 4.95. The van der Waals surface area contributed by atoms with E-state index >= 15 is 0 Å². The summed E-state index contributed by atoms with van der Waals surface area (Å²) >= 11 is 0. The number of nitrogens with one attached hydrogen (secondary N) is 2. The number of aromatic nitrogens is 2. The second-order valence-corrected chi connectivity index (χ2v) is 2.97. The highest BCUT2D eigenvalue weighted by Crippen LogP contribution is 2.25. The van der Waals surface area contributed by atoms with Crippen LogP contribution in [0.5, 0.6) is 0 Å². The minimum atomic E-state index is -4.11. The van der Waals surface area contributed by atoms with Crippen LogP contribution in [-0.4, -0.2) is 23.2 Å². The van der Waals surface area contributed by atoms with Gasteiger partial charge in [0.25, 0.3) is 0 Å². The topological polar surface area (TPSA) is 40.7 Å². The second-order valence-electron chi connectivity index (χ2n) is 2.97. The Kier molecular flexibility index (Phi) is 3.51. The molecule has 1 atom stereocenters. The fourth-order valence-corrected chi connectivity index (χ4v) is 1.19. The maximum absolute atomic E-state index is 11.9. The second kappa shape index (κ2) is 4.45. The lowest BCUT2D eigenvalue weighted by Crippen LogP contribution is -2.20. The van der Waals surface area contributed by atoms with Gasteiger partial charge in [0.2, 0.25) is 0 Å². The van der Waals surface area contributed by atoms with Gasteiger partial charge in [0.05, 0.1) is 6.04 Å². The summed E-state index contributed by atoms with van der Waals surface area (Å²) in [7, 11) is 1.61. The summed E-state index contributed by atoms with van der Waals surface area (Å²) in [6.45, 7) is 0. The molecule has 6 heteroatoms. The Hall–Kier alpha value is -1.04. The van der Waals surface area contributed by atoms with Crippen LogP contribution in [0.25, 0.3) is 0 Å². The standard InChI is InChI=1S/C8H12F3N3/c1-12-6(2-3-8(9,10)11)7-13-4-5-14-7/h4-6,12H,2-3H2,1H3,(H,13,14). The molecule has 0 aromatic carbocycles. The van der Waals surface area contributed by atoms with Crippen LogP contribution in [-0.2, 0) is 0 Å². The number of rotatable bonds is 4. The Balaban J connectivity index is 2.49. The molecule has 1 aromatic rings. The van der Waals surface area contributed by atoms with Crippen molar-refractivity contribution < 1.29 is 13.2 Å². The van der Waals surface area contributed by atoms with Crippen molar-refractivity contribution in [2.75, 3.05) is 7.05 Å². The Bertz CT molecular complexity index is 255. The van der Waals surface area contributed by atoms with Gasteiger partial charge in [-0.15, -0.1) is 0 Å². The van der Waals surface area contributed by atoms with Crippen LogP contribution in [0.3, 0.4) is 0 Å². The van der Waals surface area contributed by atoms with Crippen LogP contribution in [0.1, 0.15) is 24.7 Å². The SMILES string of the molecule is CNC(CCC(F)(F)F)c1ncc[nH]1. The summed E-state index contributed by atoms with van der Waals surface area (Å²) in [5, 5.41) is 2.78. The van der Waals surface area contributed by atoms with E-state index < -0.39 is 12.6 Å². The van der Waals surface area contributed by atoms with Gasteiger partial charge in [-0.05, 0) is 13.5 Å². The zero-order valence-electron chi connectivity index (χ0n) is 7.73. The number of aromatic amines is 1. The van der Waals surface area contributed by atoms with Crippen molar-refractivity contribution in [3.8, 4) is 0 Å². The first-order valence-corrected chi connectivity index (χ1v) is 4.26. The molecular formula is C8H12F3N3. The maximum Gasteiger partial charge on any atom is 0.389 e. The molecule has 2 N–H and O–H groups in total. The summed E-state index contributed by atoms with van der Waals surface area (Å²) in [6.07, 6.45) is -1.81. The fourth-order valence-electron chi connectivity index (χ4n) is 1.19. The zero-order valence-corrected chi connectivity index (χ0v) is 7.73. The Morgan fingerprint density at radius 1 is 1.57 bits per heavy atom. The molecule has 1 unspecified atom stereocenters. The van der Waals surface area contributed by atoms with E-state index in [-0.39, 0.29) is 12.5 Å². The molecule has 0 bridgehead atoms. The van der Waals surface area contributed by atoms with Crippen molar-refractivity contribution in [1.82, 2.24) is 15.3 Å². The number of H-pyrrole nitrogens is 1. The monoisotopic (exact) mass is 207 g/mol. The third kappa shape index (κ3) is 3.37. The molecule has 3 nitrogen and oxygen atoms in total. The number of halogens is 3. The van der Waals surface area contributed by atoms with Crippen LogP contribution in [0, 0.1) is 0 Å². The molecule has 0 spiro atoms. The molecule has 0 saturated carbocycles. The molecule has 0 aliphatic carbocycles. The summed E-state index contributed by atoms with van der Waals surface area (Å²) < 4.78 is 35.8. The highest BCUT2D eigenvalue weighted by Gasteiger charge is 2.28. The van der Waals surface area contributed by atoms with E-state index in [4.69, 9.17) is 0 Å². The highest BCUT2D eigenvalue weighted by atomic mass is 19.4. The van der Waals surface area contributed by atoms with Crippen LogP contribution in [0.15, 0.2) is 12.4 Å². The first kappa shape index (κ1) is 11.0. The molecule has 0 radical (unpaired) electrons. The molecule has 0 aliphatic rings. The summed E-state index contributed by atoms with van der Waals surface area (Å²) in [6, 6.07) is -0.369. The number of hydrogen-bond acceptors (Lipinski definition) is 2. The smallest absolute Gasteiger partial charge is 0.347 e. The number of nitrogens with zero attached hydrogens (tertiary/aromatic N) is 1. The molecule has 1 heterocycles. The van der Waals surface area contributed by atoms with Crippen LogP contribution >= 0.6 is 0 Å². The molecule has 1 rings (SSSR count). The van der Waals surface area contributed by atoms with Crippen LogP contribution < -0.4 is 5.32 Å². The van der Waals surface area contributed by atoms with Gasteiger partial charge in [-0.3, -0.25) is 0 Å². The number of imidazole rings is 1. The summed E-state index contributed by atoms with van der Waals surface area (Å²) in [5.41, 5.74) is 0. The van der Waals surface area contributed by atoms with Crippen molar-refractivity contribution in [2.24, 2.45) is 0 Å². The van der Waals surface area contributed by atoms with Gasteiger partial charge in [-0.1, -0.05) is 0 Å². The van der Waals surface area contributed by atoms with Crippen molar-refractivity contribution >= 4 is 0 Å². The average Bonchev–Trinajstić information content (AvgIpc) is 2.56. The molecule has 0 aliphatic heterocycles. The normalized spacial score (nSPS) is 14.3.